The lowest BCUT2D eigenvalue weighted by atomic mass is 10.0. The fraction of sp³-hybridized carbons (Fsp3) is 0.250. The Labute approximate surface area is 199 Å². The van der Waals surface area contributed by atoms with Gasteiger partial charge in [-0.15, -0.1) is 0 Å². The Morgan fingerprint density at radius 1 is 0.941 bits per heavy atom. The number of furan rings is 1. The molecule has 174 valence electrons. The molecule has 5 rings (SSSR count). The standard InChI is InChI=1S/C28H28N2O4/c1-32-24-10-7-23(8-11-24)30-16-14-22(15-17-30)29-28(31)27-13-12-26(34-27)19-33-25-9-6-20-4-2-3-5-21(20)18-25/h2-13,18,22H,14-17,19H2,1H3,(H,29,31). The van der Waals surface area contributed by atoms with E-state index in [1.165, 1.54) is 11.1 Å². The molecule has 0 saturated carbocycles. The number of ether oxygens (including phenoxy) is 2. The molecule has 1 aliphatic heterocycles. The van der Waals surface area contributed by atoms with E-state index < -0.39 is 0 Å². The summed E-state index contributed by atoms with van der Waals surface area (Å²) in [5, 5.41) is 5.40. The van der Waals surface area contributed by atoms with E-state index in [1.807, 2.05) is 42.5 Å². The number of benzene rings is 3. The normalized spacial score (nSPS) is 14.2. The number of methoxy groups -OCH3 is 1. The first kappa shape index (κ1) is 21.9. The maximum atomic E-state index is 12.7. The fourth-order valence-electron chi connectivity index (χ4n) is 4.32. The summed E-state index contributed by atoms with van der Waals surface area (Å²) in [6.45, 7) is 2.05. The molecule has 1 aliphatic rings. The summed E-state index contributed by atoms with van der Waals surface area (Å²) in [6, 6.07) is 25.8. The number of nitrogens with one attached hydrogen (secondary N) is 1. The Morgan fingerprint density at radius 3 is 2.44 bits per heavy atom. The first-order valence-electron chi connectivity index (χ1n) is 11.6. The quantitative estimate of drug-likeness (QED) is 0.402. The van der Waals surface area contributed by atoms with Crippen LogP contribution in [0.1, 0.15) is 29.2 Å². The van der Waals surface area contributed by atoms with Gasteiger partial charge in [-0.2, -0.15) is 0 Å². The number of carbonyl (C=O) groups excluding carboxylic acids is 1. The largest absolute Gasteiger partial charge is 0.497 e. The first-order valence-corrected chi connectivity index (χ1v) is 11.6. The average molecular weight is 457 g/mol. The van der Waals surface area contributed by atoms with Crippen molar-refractivity contribution in [1.29, 1.82) is 0 Å². The van der Waals surface area contributed by atoms with Gasteiger partial charge in [-0.05, 0) is 72.1 Å². The van der Waals surface area contributed by atoms with Crippen molar-refractivity contribution < 1.29 is 18.7 Å². The summed E-state index contributed by atoms with van der Waals surface area (Å²) in [5.74, 6) is 2.37. The van der Waals surface area contributed by atoms with Crippen molar-refractivity contribution in [2.24, 2.45) is 0 Å². The van der Waals surface area contributed by atoms with E-state index in [-0.39, 0.29) is 18.6 Å². The second kappa shape index (κ2) is 9.91. The number of rotatable bonds is 7. The minimum absolute atomic E-state index is 0.129. The molecule has 2 heterocycles. The molecule has 0 atom stereocenters. The van der Waals surface area contributed by atoms with E-state index in [9.17, 15) is 4.79 Å². The monoisotopic (exact) mass is 456 g/mol. The minimum atomic E-state index is -0.181. The highest BCUT2D eigenvalue weighted by Crippen LogP contribution is 2.24. The number of fused-ring (bicyclic) bond motifs is 1. The summed E-state index contributed by atoms with van der Waals surface area (Å²) in [5.41, 5.74) is 1.17. The van der Waals surface area contributed by atoms with Gasteiger partial charge in [0.2, 0.25) is 0 Å². The van der Waals surface area contributed by atoms with Crippen molar-refractivity contribution in [3.8, 4) is 11.5 Å². The first-order chi connectivity index (χ1) is 16.7. The van der Waals surface area contributed by atoms with E-state index in [0.29, 0.717) is 11.5 Å². The number of piperidine rings is 1. The third kappa shape index (κ3) is 5.01. The van der Waals surface area contributed by atoms with Crippen LogP contribution >= 0.6 is 0 Å². The molecule has 34 heavy (non-hydrogen) atoms. The Bertz CT molecular complexity index is 1260. The van der Waals surface area contributed by atoms with Gasteiger partial charge < -0.3 is 24.1 Å². The summed E-state index contributed by atoms with van der Waals surface area (Å²) in [7, 11) is 1.67. The topological polar surface area (TPSA) is 63.9 Å². The summed E-state index contributed by atoms with van der Waals surface area (Å²) in [6.07, 6.45) is 1.77. The van der Waals surface area contributed by atoms with Crippen LogP contribution in [0.2, 0.25) is 0 Å². The Kier molecular flexibility index (Phi) is 6.38. The van der Waals surface area contributed by atoms with Gasteiger partial charge in [-0.25, -0.2) is 0 Å². The highest BCUT2D eigenvalue weighted by atomic mass is 16.5. The number of hydrogen-bond acceptors (Lipinski definition) is 5. The highest BCUT2D eigenvalue weighted by molar-refractivity contribution is 5.91. The van der Waals surface area contributed by atoms with E-state index in [0.717, 1.165) is 42.8 Å². The second-order valence-electron chi connectivity index (χ2n) is 8.50. The van der Waals surface area contributed by atoms with Crippen LogP contribution in [0.5, 0.6) is 11.5 Å². The predicted octanol–water partition coefficient (Wildman–Crippen LogP) is 5.42. The summed E-state index contributed by atoms with van der Waals surface area (Å²) >= 11 is 0. The Hall–Kier alpha value is -3.93. The van der Waals surface area contributed by atoms with Gasteiger partial charge in [0, 0.05) is 24.8 Å². The molecule has 1 aromatic heterocycles. The Balaban J connectivity index is 1.11. The number of nitrogens with zero attached hydrogens (tertiary/aromatic N) is 1. The van der Waals surface area contributed by atoms with Crippen LogP contribution in [0.15, 0.2) is 83.3 Å². The molecule has 4 aromatic rings. The number of carbonyl (C=O) groups is 1. The smallest absolute Gasteiger partial charge is 0.287 e. The zero-order valence-electron chi connectivity index (χ0n) is 19.2. The molecule has 6 nitrogen and oxygen atoms in total. The van der Waals surface area contributed by atoms with E-state index in [2.05, 4.69) is 34.5 Å². The lowest BCUT2D eigenvalue weighted by Crippen LogP contribution is -2.44. The van der Waals surface area contributed by atoms with E-state index >= 15 is 0 Å². The molecule has 0 spiro atoms. The maximum Gasteiger partial charge on any atom is 0.287 e. The lowest BCUT2D eigenvalue weighted by Gasteiger charge is -2.33. The zero-order valence-corrected chi connectivity index (χ0v) is 19.2. The molecule has 1 fully saturated rings. The third-order valence-corrected chi connectivity index (χ3v) is 6.26. The third-order valence-electron chi connectivity index (χ3n) is 6.26. The number of amides is 1. The molecule has 0 aliphatic carbocycles. The summed E-state index contributed by atoms with van der Waals surface area (Å²) < 4.78 is 16.9. The lowest BCUT2D eigenvalue weighted by molar-refractivity contribution is 0.0899. The van der Waals surface area contributed by atoms with Crippen LogP contribution in [0.25, 0.3) is 10.8 Å². The molecule has 0 unspecified atom stereocenters. The molecule has 6 heteroatoms. The van der Waals surface area contributed by atoms with Gasteiger partial charge in [-0.1, -0.05) is 30.3 Å². The van der Waals surface area contributed by atoms with Crippen molar-refractivity contribution in [3.63, 3.8) is 0 Å². The molecule has 1 N–H and O–H groups in total. The van der Waals surface area contributed by atoms with Crippen molar-refractivity contribution in [3.05, 3.63) is 90.4 Å². The fourth-order valence-corrected chi connectivity index (χ4v) is 4.32. The number of anilines is 1. The molecular weight excluding hydrogens is 428 g/mol. The van der Waals surface area contributed by atoms with E-state index in [4.69, 9.17) is 13.9 Å². The zero-order chi connectivity index (χ0) is 23.3. The van der Waals surface area contributed by atoms with Gasteiger partial charge in [0.1, 0.15) is 23.9 Å². The van der Waals surface area contributed by atoms with Crippen LogP contribution in [-0.2, 0) is 6.61 Å². The van der Waals surface area contributed by atoms with Crippen molar-refractivity contribution >= 4 is 22.4 Å². The van der Waals surface area contributed by atoms with Gasteiger partial charge in [-0.3, -0.25) is 4.79 Å². The van der Waals surface area contributed by atoms with Crippen molar-refractivity contribution in [2.45, 2.75) is 25.5 Å². The van der Waals surface area contributed by atoms with Crippen LogP contribution in [0.3, 0.4) is 0 Å². The maximum absolute atomic E-state index is 12.7. The Morgan fingerprint density at radius 2 is 1.68 bits per heavy atom. The summed E-state index contributed by atoms with van der Waals surface area (Å²) in [4.78, 5) is 15.0. The van der Waals surface area contributed by atoms with Gasteiger partial charge in [0.25, 0.3) is 5.91 Å². The van der Waals surface area contributed by atoms with Crippen LogP contribution < -0.4 is 19.7 Å². The molecule has 0 bridgehead atoms. The SMILES string of the molecule is COc1ccc(N2CCC(NC(=O)c3ccc(COc4ccc5ccccc5c4)o3)CC2)cc1. The molecule has 0 radical (unpaired) electrons. The molecule has 1 saturated heterocycles. The van der Waals surface area contributed by atoms with Gasteiger partial charge >= 0.3 is 0 Å². The molecule has 1 amide bonds. The van der Waals surface area contributed by atoms with Crippen molar-refractivity contribution in [2.75, 3.05) is 25.1 Å². The van der Waals surface area contributed by atoms with Crippen LogP contribution in [0, 0.1) is 0 Å². The van der Waals surface area contributed by atoms with Crippen LogP contribution in [-0.4, -0.2) is 32.1 Å². The van der Waals surface area contributed by atoms with Gasteiger partial charge in [0.05, 0.1) is 7.11 Å². The molecular formula is C28H28N2O4. The van der Waals surface area contributed by atoms with E-state index in [1.54, 1.807) is 19.2 Å². The molecule has 3 aromatic carbocycles. The number of hydrogen-bond donors (Lipinski definition) is 1. The minimum Gasteiger partial charge on any atom is -0.497 e. The van der Waals surface area contributed by atoms with Crippen molar-refractivity contribution in [1.82, 2.24) is 5.32 Å². The predicted molar refractivity (Wildman–Crippen MR) is 133 cm³/mol. The van der Waals surface area contributed by atoms with Gasteiger partial charge in [0.15, 0.2) is 5.76 Å². The highest BCUT2D eigenvalue weighted by Gasteiger charge is 2.22. The second-order valence-corrected chi connectivity index (χ2v) is 8.50. The average Bonchev–Trinajstić information content (AvgIpc) is 3.37. The van der Waals surface area contributed by atoms with Crippen LogP contribution in [0.4, 0.5) is 5.69 Å².